The monoisotopic (exact) mass is 267 g/mol. The van der Waals surface area contributed by atoms with Crippen molar-refractivity contribution >= 4 is 11.9 Å². The van der Waals surface area contributed by atoms with E-state index in [0.29, 0.717) is 0 Å². The summed E-state index contributed by atoms with van der Waals surface area (Å²) in [7, 11) is 0. The predicted octanol–water partition coefficient (Wildman–Crippen LogP) is 1.49. The van der Waals surface area contributed by atoms with Crippen LogP contribution in [-0.4, -0.2) is 42.5 Å². The lowest BCUT2D eigenvalue weighted by Crippen LogP contribution is -2.50. The van der Waals surface area contributed by atoms with Crippen LogP contribution in [0, 0.1) is 5.92 Å². The van der Waals surface area contributed by atoms with E-state index in [-0.39, 0.29) is 23.9 Å². The zero-order valence-corrected chi connectivity index (χ0v) is 11.8. The minimum Gasteiger partial charge on any atom is -0.353 e. The smallest absolute Gasteiger partial charge is 0.317 e. The van der Waals surface area contributed by atoms with Gasteiger partial charge in [-0.1, -0.05) is 13.3 Å². The fourth-order valence-corrected chi connectivity index (χ4v) is 2.56. The van der Waals surface area contributed by atoms with E-state index in [4.69, 9.17) is 0 Å². The molecule has 0 spiro atoms. The summed E-state index contributed by atoms with van der Waals surface area (Å²) in [6.45, 7) is 4.26. The lowest BCUT2D eigenvalue weighted by molar-refractivity contribution is -0.128. The van der Waals surface area contributed by atoms with Gasteiger partial charge in [0.25, 0.3) is 0 Å². The van der Waals surface area contributed by atoms with E-state index >= 15 is 0 Å². The van der Waals surface area contributed by atoms with Gasteiger partial charge >= 0.3 is 6.03 Å². The van der Waals surface area contributed by atoms with E-state index in [1.807, 2.05) is 11.8 Å². The summed E-state index contributed by atoms with van der Waals surface area (Å²) in [5, 5.41) is 6.02. The van der Waals surface area contributed by atoms with Gasteiger partial charge < -0.3 is 15.5 Å². The lowest BCUT2D eigenvalue weighted by atomic mass is 9.84. The van der Waals surface area contributed by atoms with Gasteiger partial charge in [0.15, 0.2) is 0 Å². The Balaban J connectivity index is 1.67. The fourth-order valence-electron chi connectivity index (χ4n) is 2.56. The van der Waals surface area contributed by atoms with Gasteiger partial charge in [-0.05, 0) is 32.1 Å². The summed E-state index contributed by atoms with van der Waals surface area (Å²) in [5.41, 5.74) is 0. The van der Waals surface area contributed by atoms with E-state index < -0.39 is 0 Å². The van der Waals surface area contributed by atoms with E-state index in [0.717, 1.165) is 51.7 Å². The molecule has 108 valence electrons. The second kappa shape index (κ2) is 6.78. The Kier molecular flexibility index (Phi) is 5.05. The molecule has 1 aliphatic carbocycles. The SMILES string of the molecule is CCCNC(=O)N1CCC(NC(=O)C2CCC2)CC1. The summed E-state index contributed by atoms with van der Waals surface area (Å²) in [6, 6.07) is 0.286. The number of nitrogens with one attached hydrogen (secondary N) is 2. The summed E-state index contributed by atoms with van der Waals surface area (Å²) in [4.78, 5) is 25.5. The maximum absolute atomic E-state index is 11.8. The molecule has 1 heterocycles. The van der Waals surface area contributed by atoms with Crippen LogP contribution in [0.1, 0.15) is 45.4 Å². The molecule has 3 amide bonds. The average Bonchev–Trinajstić information content (AvgIpc) is 2.34. The van der Waals surface area contributed by atoms with Gasteiger partial charge in [0.2, 0.25) is 5.91 Å². The van der Waals surface area contributed by atoms with Crippen LogP contribution in [-0.2, 0) is 4.79 Å². The number of hydrogen-bond acceptors (Lipinski definition) is 2. The lowest BCUT2D eigenvalue weighted by Gasteiger charge is -2.34. The Hall–Kier alpha value is -1.26. The number of piperidine rings is 1. The molecule has 0 aromatic carbocycles. The molecule has 19 heavy (non-hydrogen) atoms. The fraction of sp³-hybridized carbons (Fsp3) is 0.857. The highest BCUT2D eigenvalue weighted by molar-refractivity contribution is 5.79. The van der Waals surface area contributed by atoms with Crippen molar-refractivity contribution in [2.24, 2.45) is 5.92 Å². The highest BCUT2D eigenvalue weighted by atomic mass is 16.2. The van der Waals surface area contributed by atoms with Crippen LogP contribution in [0.25, 0.3) is 0 Å². The van der Waals surface area contributed by atoms with Crippen LogP contribution < -0.4 is 10.6 Å². The molecule has 1 aliphatic heterocycles. The second-order valence-electron chi connectivity index (χ2n) is 5.63. The van der Waals surface area contributed by atoms with Gasteiger partial charge in [0, 0.05) is 31.6 Å². The van der Waals surface area contributed by atoms with E-state index in [9.17, 15) is 9.59 Å². The molecule has 0 unspecified atom stereocenters. The van der Waals surface area contributed by atoms with E-state index in [1.165, 1.54) is 6.42 Å². The topological polar surface area (TPSA) is 61.4 Å². The first-order valence-electron chi connectivity index (χ1n) is 7.54. The third-order valence-electron chi connectivity index (χ3n) is 4.13. The zero-order chi connectivity index (χ0) is 13.7. The van der Waals surface area contributed by atoms with Crippen molar-refractivity contribution in [1.29, 1.82) is 0 Å². The number of amides is 3. The van der Waals surface area contributed by atoms with Gasteiger partial charge in [0.1, 0.15) is 0 Å². The van der Waals surface area contributed by atoms with E-state index in [2.05, 4.69) is 10.6 Å². The second-order valence-corrected chi connectivity index (χ2v) is 5.63. The molecule has 0 radical (unpaired) electrons. The summed E-state index contributed by atoms with van der Waals surface area (Å²) in [6.07, 6.45) is 5.98. The number of rotatable bonds is 4. The summed E-state index contributed by atoms with van der Waals surface area (Å²) < 4.78 is 0. The molecule has 2 rings (SSSR count). The van der Waals surface area contributed by atoms with Gasteiger partial charge in [-0.2, -0.15) is 0 Å². The third-order valence-corrected chi connectivity index (χ3v) is 4.13. The maximum atomic E-state index is 11.8. The van der Waals surface area contributed by atoms with Gasteiger partial charge in [-0.25, -0.2) is 4.79 Å². The number of carbonyl (C=O) groups excluding carboxylic acids is 2. The quantitative estimate of drug-likeness (QED) is 0.810. The molecule has 1 saturated carbocycles. The largest absolute Gasteiger partial charge is 0.353 e. The Morgan fingerprint density at radius 3 is 2.37 bits per heavy atom. The molecule has 1 saturated heterocycles. The number of urea groups is 1. The van der Waals surface area contributed by atoms with Crippen LogP contribution >= 0.6 is 0 Å². The molecular formula is C14H25N3O2. The molecule has 2 aliphatic rings. The Morgan fingerprint density at radius 1 is 1.16 bits per heavy atom. The molecule has 0 bridgehead atoms. The first-order chi connectivity index (χ1) is 9.20. The molecule has 0 aromatic rings. The Morgan fingerprint density at radius 2 is 1.84 bits per heavy atom. The van der Waals surface area contributed by atoms with E-state index in [1.54, 1.807) is 0 Å². The van der Waals surface area contributed by atoms with Crippen molar-refractivity contribution in [2.75, 3.05) is 19.6 Å². The van der Waals surface area contributed by atoms with Gasteiger partial charge in [-0.3, -0.25) is 4.79 Å². The molecule has 0 atom stereocenters. The van der Waals surface area contributed by atoms with Crippen molar-refractivity contribution in [1.82, 2.24) is 15.5 Å². The van der Waals surface area contributed by atoms with Crippen LogP contribution in [0.5, 0.6) is 0 Å². The molecule has 0 aromatic heterocycles. The normalized spacial score (nSPS) is 20.8. The highest BCUT2D eigenvalue weighted by Crippen LogP contribution is 2.26. The number of hydrogen-bond donors (Lipinski definition) is 2. The number of nitrogens with zero attached hydrogens (tertiary/aromatic N) is 1. The van der Waals surface area contributed by atoms with Crippen molar-refractivity contribution < 1.29 is 9.59 Å². The molecular weight excluding hydrogens is 242 g/mol. The maximum Gasteiger partial charge on any atom is 0.317 e. The Labute approximate surface area is 115 Å². The molecule has 2 N–H and O–H groups in total. The van der Waals surface area contributed by atoms with Crippen molar-refractivity contribution in [3.63, 3.8) is 0 Å². The van der Waals surface area contributed by atoms with Crippen molar-refractivity contribution in [3.8, 4) is 0 Å². The Bertz CT molecular complexity index is 321. The molecule has 5 heteroatoms. The summed E-state index contributed by atoms with van der Waals surface area (Å²) >= 11 is 0. The molecule has 5 nitrogen and oxygen atoms in total. The first-order valence-corrected chi connectivity index (χ1v) is 7.54. The van der Waals surface area contributed by atoms with Crippen molar-refractivity contribution in [3.05, 3.63) is 0 Å². The number of likely N-dealkylation sites (tertiary alicyclic amines) is 1. The minimum atomic E-state index is 0.0330. The molecule has 2 fully saturated rings. The van der Waals surface area contributed by atoms with Crippen LogP contribution in [0.15, 0.2) is 0 Å². The van der Waals surface area contributed by atoms with Gasteiger partial charge in [0.05, 0.1) is 0 Å². The van der Waals surface area contributed by atoms with Crippen LogP contribution in [0.2, 0.25) is 0 Å². The third kappa shape index (κ3) is 3.85. The van der Waals surface area contributed by atoms with Crippen LogP contribution in [0.3, 0.4) is 0 Å². The zero-order valence-electron chi connectivity index (χ0n) is 11.8. The average molecular weight is 267 g/mol. The standard InChI is InChI=1S/C14H25N3O2/c1-2-8-15-14(19)17-9-6-12(7-10-17)16-13(18)11-4-3-5-11/h11-12H,2-10H2,1H3,(H,15,19)(H,16,18). The van der Waals surface area contributed by atoms with Crippen LogP contribution in [0.4, 0.5) is 4.79 Å². The minimum absolute atomic E-state index is 0.0330. The highest BCUT2D eigenvalue weighted by Gasteiger charge is 2.29. The first kappa shape index (κ1) is 14.2. The van der Waals surface area contributed by atoms with Gasteiger partial charge in [-0.15, -0.1) is 0 Å². The predicted molar refractivity (Wildman–Crippen MR) is 73.8 cm³/mol. The summed E-state index contributed by atoms with van der Waals surface area (Å²) in [5.74, 6) is 0.478. The number of carbonyl (C=O) groups is 2. The van der Waals surface area contributed by atoms with Crippen molar-refractivity contribution in [2.45, 2.75) is 51.5 Å².